The number of carbonyl (C=O) groups is 1. The lowest BCUT2D eigenvalue weighted by Gasteiger charge is -2.13. The fraction of sp³-hybridized carbons (Fsp3) is 0.786. The Morgan fingerprint density at radius 1 is 1.56 bits per heavy atom. The van der Waals surface area contributed by atoms with Crippen molar-refractivity contribution >= 4 is 17.7 Å². The summed E-state index contributed by atoms with van der Waals surface area (Å²) >= 11 is 1.61. The smallest absolute Gasteiger partial charge is 0.230 e. The Morgan fingerprint density at radius 3 is 3.06 bits per heavy atom. The molecule has 4 heteroatoms. The van der Waals surface area contributed by atoms with Gasteiger partial charge in [-0.05, 0) is 38.5 Å². The van der Waals surface area contributed by atoms with E-state index in [0.29, 0.717) is 11.0 Å². The van der Waals surface area contributed by atoms with E-state index in [1.54, 1.807) is 11.8 Å². The molecule has 0 radical (unpaired) electrons. The van der Waals surface area contributed by atoms with E-state index in [0.717, 1.165) is 19.4 Å². The molecule has 2 N–H and O–H groups in total. The Labute approximate surface area is 114 Å². The average Bonchev–Trinajstić information content (AvgIpc) is 2.38. The first-order chi connectivity index (χ1) is 8.72. The maximum Gasteiger partial charge on any atom is 0.230 e. The SMILES string of the molecule is CC(CCO)SCC(=O)NCCC1=CCCCC1. The summed E-state index contributed by atoms with van der Waals surface area (Å²) in [6.07, 6.45) is 9.11. The average molecular weight is 271 g/mol. The molecular weight excluding hydrogens is 246 g/mol. The molecule has 18 heavy (non-hydrogen) atoms. The molecule has 1 rings (SSSR count). The molecule has 0 saturated heterocycles. The molecule has 0 spiro atoms. The van der Waals surface area contributed by atoms with Crippen LogP contribution in [0.2, 0.25) is 0 Å². The number of carbonyl (C=O) groups excluding carboxylic acids is 1. The van der Waals surface area contributed by atoms with Gasteiger partial charge in [0, 0.05) is 18.4 Å². The largest absolute Gasteiger partial charge is 0.396 e. The van der Waals surface area contributed by atoms with Crippen molar-refractivity contribution in [2.75, 3.05) is 18.9 Å². The first kappa shape index (κ1) is 15.6. The Balaban J connectivity index is 2.04. The summed E-state index contributed by atoms with van der Waals surface area (Å²) in [7, 11) is 0. The van der Waals surface area contributed by atoms with Crippen molar-refractivity contribution in [1.82, 2.24) is 5.32 Å². The third-order valence-electron chi connectivity index (χ3n) is 3.19. The summed E-state index contributed by atoms with van der Waals surface area (Å²) in [6.45, 7) is 3.00. The zero-order chi connectivity index (χ0) is 13.2. The van der Waals surface area contributed by atoms with Crippen molar-refractivity contribution in [1.29, 1.82) is 0 Å². The Hall–Kier alpha value is -0.480. The number of nitrogens with one attached hydrogen (secondary N) is 1. The molecule has 0 aliphatic heterocycles. The summed E-state index contributed by atoms with van der Waals surface area (Å²) in [5.41, 5.74) is 1.50. The van der Waals surface area contributed by atoms with Gasteiger partial charge in [0.05, 0.1) is 5.75 Å². The van der Waals surface area contributed by atoms with Crippen LogP contribution in [0.5, 0.6) is 0 Å². The van der Waals surface area contributed by atoms with Crippen LogP contribution in [0, 0.1) is 0 Å². The second kappa shape index (κ2) is 9.45. The minimum absolute atomic E-state index is 0.112. The Kier molecular flexibility index (Phi) is 8.18. The number of thioether (sulfide) groups is 1. The summed E-state index contributed by atoms with van der Waals surface area (Å²) in [5.74, 6) is 0.612. The van der Waals surface area contributed by atoms with Crippen molar-refractivity contribution in [3.05, 3.63) is 11.6 Å². The van der Waals surface area contributed by atoms with Gasteiger partial charge in [-0.1, -0.05) is 18.6 Å². The van der Waals surface area contributed by atoms with Gasteiger partial charge in [-0.2, -0.15) is 0 Å². The summed E-state index contributed by atoms with van der Waals surface area (Å²) < 4.78 is 0. The molecule has 0 heterocycles. The number of amides is 1. The standard InChI is InChI=1S/C14H25NO2S/c1-12(8-10-16)18-11-14(17)15-9-7-13-5-3-2-4-6-13/h5,12,16H,2-4,6-11H2,1H3,(H,15,17). The van der Waals surface area contributed by atoms with E-state index in [1.165, 1.54) is 31.3 Å². The monoisotopic (exact) mass is 271 g/mol. The van der Waals surface area contributed by atoms with Gasteiger partial charge >= 0.3 is 0 Å². The van der Waals surface area contributed by atoms with Gasteiger partial charge in [-0.3, -0.25) is 4.79 Å². The molecule has 0 saturated carbocycles. The van der Waals surface area contributed by atoms with Crippen LogP contribution in [0.25, 0.3) is 0 Å². The second-order valence-corrected chi connectivity index (χ2v) is 6.27. The van der Waals surface area contributed by atoms with Gasteiger partial charge in [0.2, 0.25) is 5.91 Å². The highest BCUT2D eigenvalue weighted by atomic mass is 32.2. The highest BCUT2D eigenvalue weighted by molar-refractivity contribution is 8.00. The van der Waals surface area contributed by atoms with Crippen molar-refractivity contribution in [2.45, 2.75) is 50.7 Å². The van der Waals surface area contributed by atoms with Crippen LogP contribution in [-0.4, -0.2) is 35.2 Å². The first-order valence-electron chi connectivity index (χ1n) is 6.89. The summed E-state index contributed by atoms with van der Waals surface area (Å²) in [6, 6.07) is 0. The van der Waals surface area contributed by atoms with E-state index >= 15 is 0 Å². The van der Waals surface area contributed by atoms with Crippen LogP contribution in [-0.2, 0) is 4.79 Å². The number of aliphatic hydroxyl groups excluding tert-OH is 1. The molecule has 1 atom stereocenters. The minimum Gasteiger partial charge on any atom is -0.396 e. The molecule has 0 fully saturated rings. The van der Waals surface area contributed by atoms with Crippen LogP contribution < -0.4 is 5.32 Å². The van der Waals surface area contributed by atoms with E-state index in [9.17, 15) is 4.79 Å². The van der Waals surface area contributed by atoms with Crippen LogP contribution in [0.1, 0.15) is 45.4 Å². The summed E-state index contributed by atoms with van der Waals surface area (Å²) in [4.78, 5) is 11.6. The third-order valence-corrected chi connectivity index (χ3v) is 4.42. The van der Waals surface area contributed by atoms with Gasteiger partial charge in [0.25, 0.3) is 0 Å². The first-order valence-corrected chi connectivity index (χ1v) is 7.94. The van der Waals surface area contributed by atoms with Gasteiger partial charge in [-0.25, -0.2) is 0 Å². The molecule has 0 bridgehead atoms. The van der Waals surface area contributed by atoms with Gasteiger partial charge in [-0.15, -0.1) is 11.8 Å². The van der Waals surface area contributed by atoms with Gasteiger partial charge in [0.15, 0.2) is 0 Å². The molecule has 3 nitrogen and oxygen atoms in total. The van der Waals surface area contributed by atoms with Crippen molar-refractivity contribution < 1.29 is 9.90 Å². The lowest BCUT2D eigenvalue weighted by atomic mass is 9.97. The van der Waals surface area contributed by atoms with Crippen LogP contribution in [0.15, 0.2) is 11.6 Å². The van der Waals surface area contributed by atoms with Crippen molar-refractivity contribution in [2.24, 2.45) is 0 Å². The minimum atomic E-state index is 0.112. The maximum atomic E-state index is 11.6. The molecule has 1 unspecified atom stereocenters. The van der Waals surface area contributed by atoms with Crippen LogP contribution in [0.4, 0.5) is 0 Å². The van der Waals surface area contributed by atoms with Crippen molar-refractivity contribution in [3.63, 3.8) is 0 Å². The van der Waals surface area contributed by atoms with E-state index in [1.807, 2.05) is 6.92 Å². The zero-order valence-corrected chi connectivity index (χ0v) is 12.1. The molecule has 1 amide bonds. The molecule has 0 aromatic rings. The number of aliphatic hydroxyl groups is 1. The maximum absolute atomic E-state index is 11.6. The molecule has 0 aromatic heterocycles. The molecule has 104 valence electrons. The number of allylic oxidation sites excluding steroid dienone is 1. The predicted molar refractivity (Wildman–Crippen MR) is 77.8 cm³/mol. The highest BCUT2D eigenvalue weighted by Gasteiger charge is 2.07. The number of hydrogen-bond acceptors (Lipinski definition) is 3. The van der Waals surface area contributed by atoms with Crippen molar-refractivity contribution in [3.8, 4) is 0 Å². The topological polar surface area (TPSA) is 49.3 Å². The summed E-state index contributed by atoms with van der Waals surface area (Å²) in [5, 5.41) is 12.1. The molecular formula is C14H25NO2S. The van der Waals surface area contributed by atoms with E-state index < -0.39 is 0 Å². The Bertz CT molecular complexity index is 279. The Morgan fingerprint density at radius 2 is 2.39 bits per heavy atom. The van der Waals surface area contributed by atoms with Gasteiger partial charge < -0.3 is 10.4 Å². The zero-order valence-electron chi connectivity index (χ0n) is 11.3. The lowest BCUT2D eigenvalue weighted by molar-refractivity contribution is -0.118. The van der Waals surface area contributed by atoms with E-state index in [4.69, 9.17) is 5.11 Å². The normalized spacial score (nSPS) is 17.1. The van der Waals surface area contributed by atoms with E-state index in [2.05, 4.69) is 11.4 Å². The van der Waals surface area contributed by atoms with Crippen LogP contribution >= 0.6 is 11.8 Å². The fourth-order valence-corrected chi connectivity index (χ4v) is 2.84. The van der Waals surface area contributed by atoms with E-state index in [-0.39, 0.29) is 12.5 Å². The predicted octanol–water partition coefficient (Wildman–Crippen LogP) is 2.50. The molecule has 1 aliphatic carbocycles. The fourth-order valence-electron chi connectivity index (χ4n) is 2.03. The quantitative estimate of drug-likeness (QED) is 0.667. The highest BCUT2D eigenvalue weighted by Crippen LogP contribution is 2.19. The molecule has 1 aliphatic rings. The number of hydrogen-bond donors (Lipinski definition) is 2. The third kappa shape index (κ3) is 7.07. The second-order valence-electron chi connectivity index (χ2n) is 4.84. The van der Waals surface area contributed by atoms with Crippen LogP contribution in [0.3, 0.4) is 0 Å². The lowest BCUT2D eigenvalue weighted by Crippen LogP contribution is -2.27. The molecule has 0 aromatic carbocycles. The van der Waals surface area contributed by atoms with Gasteiger partial charge in [0.1, 0.15) is 0 Å². The number of rotatable bonds is 8.